The van der Waals surface area contributed by atoms with Crippen LogP contribution in [0, 0.1) is 11.8 Å². The smallest absolute Gasteiger partial charge is 0.332 e. The zero-order valence-corrected chi connectivity index (χ0v) is 21.0. The summed E-state index contributed by atoms with van der Waals surface area (Å²) in [5, 5.41) is 12.6. The first-order chi connectivity index (χ1) is 17.6. The molecule has 2 aromatic rings. The van der Waals surface area contributed by atoms with Gasteiger partial charge in [-0.2, -0.15) is 0 Å². The van der Waals surface area contributed by atoms with Gasteiger partial charge in [-0.25, -0.2) is 9.78 Å². The first-order valence-electron chi connectivity index (χ1n) is 11.8. The summed E-state index contributed by atoms with van der Waals surface area (Å²) in [4.78, 5) is 55.3. The van der Waals surface area contributed by atoms with Crippen molar-refractivity contribution in [1.82, 2.24) is 10.3 Å². The Morgan fingerprint density at radius 3 is 2.51 bits per heavy atom. The zero-order chi connectivity index (χ0) is 27.1. The molecule has 1 unspecified atom stereocenters. The first-order valence-corrected chi connectivity index (χ1v) is 11.8. The summed E-state index contributed by atoms with van der Waals surface area (Å²) in [7, 11) is 1.31. The van der Waals surface area contributed by atoms with E-state index >= 15 is 0 Å². The Morgan fingerprint density at radius 1 is 1.16 bits per heavy atom. The number of methoxy groups -OCH3 is 1. The van der Waals surface area contributed by atoms with E-state index in [0.29, 0.717) is 0 Å². The number of pyridine rings is 1. The van der Waals surface area contributed by atoms with E-state index < -0.39 is 72.0 Å². The topological polar surface area (TPSA) is 150 Å². The SMILES string of the molecule is COc1ccnc(C(=O)N[C@H]2COC(=O)[C@H](Cc3ccccc3)C(OC(=O)C(C)C)[C@H](C)OC2=O)c1O. The van der Waals surface area contributed by atoms with Crippen molar-refractivity contribution in [3.63, 3.8) is 0 Å². The summed E-state index contributed by atoms with van der Waals surface area (Å²) < 4.78 is 21.5. The maximum atomic E-state index is 13.2. The zero-order valence-electron chi connectivity index (χ0n) is 21.0. The van der Waals surface area contributed by atoms with Crippen molar-refractivity contribution in [2.75, 3.05) is 13.7 Å². The molecule has 37 heavy (non-hydrogen) atoms. The molecule has 0 saturated carbocycles. The van der Waals surface area contributed by atoms with Gasteiger partial charge in [0.25, 0.3) is 5.91 Å². The molecule has 3 rings (SSSR count). The number of aromatic nitrogens is 1. The van der Waals surface area contributed by atoms with Crippen molar-refractivity contribution in [2.24, 2.45) is 11.8 Å². The summed E-state index contributed by atoms with van der Waals surface area (Å²) in [5.74, 6) is -5.10. The molecule has 0 spiro atoms. The summed E-state index contributed by atoms with van der Waals surface area (Å²) in [6.07, 6.45) is -0.766. The van der Waals surface area contributed by atoms with Crippen LogP contribution in [0.5, 0.6) is 11.5 Å². The third-order valence-electron chi connectivity index (χ3n) is 5.79. The Hall–Kier alpha value is -4.15. The van der Waals surface area contributed by atoms with Gasteiger partial charge in [-0.3, -0.25) is 14.4 Å². The lowest BCUT2D eigenvalue weighted by Gasteiger charge is -2.29. The molecule has 4 atom stereocenters. The number of rotatable bonds is 7. The molecule has 2 heterocycles. The van der Waals surface area contributed by atoms with Crippen LogP contribution in [0.3, 0.4) is 0 Å². The van der Waals surface area contributed by atoms with Crippen molar-refractivity contribution in [3.8, 4) is 11.5 Å². The van der Waals surface area contributed by atoms with E-state index in [4.69, 9.17) is 18.9 Å². The number of amides is 1. The monoisotopic (exact) mass is 514 g/mol. The van der Waals surface area contributed by atoms with Crippen LogP contribution < -0.4 is 10.1 Å². The molecular weight excluding hydrogens is 484 g/mol. The number of esters is 3. The van der Waals surface area contributed by atoms with E-state index in [-0.39, 0.29) is 12.2 Å². The van der Waals surface area contributed by atoms with E-state index in [0.717, 1.165) is 5.56 Å². The average Bonchev–Trinajstić information content (AvgIpc) is 2.91. The largest absolute Gasteiger partial charge is 0.503 e. The van der Waals surface area contributed by atoms with Gasteiger partial charge in [-0.1, -0.05) is 44.2 Å². The van der Waals surface area contributed by atoms with Gasteiger partial charge in [-0.05, 0) is 18.9 Å². The lowest BCUT2D eigenvalue weighted by Crippen LogP contribution is -2.47. The van der Waals surface area contributed by atoms with Crippen molar-refractivity contribution in [2.45, 2.75) is 45.4 Å². The van der Waals surface area contributed by atoms with Gasteiger partial charge < -0.3 is 29.4 Å². The molecule has 1 saturated heterocycles. The lowest BCUT2D eigenvalue weighted by molar-refractivity contribution is -0.176. The quantitative estimate of drug-likeness (QED) is 0.414. The van der Waals surface area contributed by atoms with Crippen molar-refractivity contribution >= 4 is 23.8 Å². The number of carbonyl (C=O) groups excluding carboxylic acids is 4. The number of nitrogens with zero attached hydrogens (tertiary/aromatic N) is 1. The van der Waals surface area contributed by atoms with E-state index in [1.807, 2.05) is 30.3 Å². The lowest BCUT2D eigenvalue weighted by atomic mass is 9.91. The maximum absolute atomic E-state index is 13.2. The average molecular weight is 515 g/mol. The van der Waals surface area contributed by atoms with Crippen LogP contribution >= 0.6 is 0 Å². The standard InChI is InChI=1S/C26H30N2O9/c1-14(2)24(31)37-22-15(3)36-26(33)18(28-23(30)20-21(29)19(34-4)10-11-27-20)13-35-25(32)17(22)12-16-8-6-5-7-9-16/h5-11,14-15,17-18,22,29H,12-13H2,1-4H3,(H,28,30)/t15-,17+,18-,22?/m0/s1. The van der Waals surface area contributed by atoms with E-state index in [1.165, 1.54) is 26.3 Å². The van der Waals surface area contributed by atoms with Gasteiger partial charge in [-0.15, -0.1) is 0 Å². The fourth-order valence-electron chi connectivity index (χ4n) is 3.74. The van der Waals surface area contributed by atoms with Gasteiger partial charge >= 0.3 is 17.9 Å². The molecule has 1 amide bonds. The predicted molar refractivity (Wildman–Crippen MR) is 129 cm³/mol. The Kier molecular flexibility index (Phi) is 9.05. The second kappa shape index (κ2) is 12.2. The minimum absolute atomic E-state index is 0.0100. The van der Waals surface area contributed by atoms with Crippen molar-refractivity contribution in [1.29, 1.82) is 0 Å². The summed E-state index contributed by atoms with van der Waals surface area (Å²) in [6, 6.07) is 9.01. The van der Waals surface area contributed by atoms with Gasteiger partial charge in [0, 0.05) is 12.3 Å². The highest BCUT2D eigenvalue weighted by atomic mass is 16.6. The summed E-state index contributed by atoms with van der Waals surface area (Å²) >= 11 is 0. The van der Waals surface area contributed by atoms with Crippen molar-refractivity contribution < 1.29 is 43.2 Å². The number of ether oxygens (including phenoxy) is 4. The number of carbonyl (C=O) groups is 4. The minimum Gasteiger partial charge on any atom is -0.503 e. The third-order valence-corrected chi connectivity index (χ3v) is 5.79. The second-order valence-corrected chi connectivity index (χ2v) is 8.86. The molecule has 1 aromatic carbocycles. The fraction of sp³-hybridized carbons (Fsp3) is 0.423. The van der Waals surface area contributed by atoms with Crippen molar-refractivity contribution in [3.05, 3.63) is 53.9 Å². The Labute approximate surface area is 214 Å². The molecule has 1 aromatic heterocycles. The molecule has 1 aliphatic rings. The normalized spacial score (nSPS) is 22.1. The molecule has 0 radical (unpaired) electrons. The van der Waals surface area contributed by atoms with Crippen LogP contribution in [-0.2, 0) is 35.0 Å². The summed E-state index contributed by atoms with van der Waals surface area (Å²) in [5.41, 5.74) is 0.398. The minimum atomic E-state index is -1.41. The highest BCUT2D eigenvalue weighted by Crippen LogP contribution is 2.28. The highest BCUT2D eigenvalue weighted by Gasteiger charge is 2.42. The number of hydrogen-bond acceptors (Lipinski definition) is 10. The van der Waals surface area contributed by atoms with Crippen LogP contribution in [0.2, 0.25) is 0 Å². The third kappa shape index (κ3) is 6.75. The first kappa shape index (κ1) is 27.4. The van der Waals surface area contributed by atoms with E-state index in [2.05, 4.69) is 10.3 Å². The van der Waals surface area contributed by atoms with E-state index in [1.54, 1.807) is 13.8 Å². The van der Waals surface area contributed by atoms with Crippen LogP contribution in [0.4, 0.5) is 0 Å². The van der Waals surface area contributed by atoms with Gasteiger partial charge in [0.05, 0.1) is 13.0 Å². The highest BCUT2D eigenvalue weighted by molar-refractivity contribution is 5.98. The molecule has 11 heteroatoms. The molecule has 11 nitrogen and oxygen atoms in total. The van der Waals surface area contributed by atoms with Crippen LogP contribution in [0.15, 0.2) is 42.6 Å². The number of nitrogens with one attached hydrogen (secondary N) is 1. The molecule has 0 bridgehead atoms. The number of benzene rings is 1. The van der Waals surface area contributed by atoms with Gasteiger partial charge in [0.2, 0.25) is 0 Å². The molecule has 198 valence electrons. The Morgan fingerprint density at radius 2 is 1.86 bits per heavy atom. The van der Waals surface area contributed by atoms with Crippen LogP contribution in [0.1, 0.15) is 36.8 Å². The number of hydrogen-bond donors (Lipinski definition) is 2. The molecule has 2 N–H and O–H groups in total. The molecule has 1 aliphatic heterocycles. The predicted octanol–water partition coefficient (Wildman–Crippen LogP) is 1.81. The van der Waals surface area contributed by atoms with Crippen LogP contribution in [-0.4, -0.2) is 65.9 Å². The maximum Gasteiger partial charge on any atom is 0.332 e. The second-order valence-electron chi connectivity index (χ2n) is 8.86. The molecular formula is C26H30N2O9. The van der Waals surface area contributed by atoms with Gasteiger partial charge in [0.1, 0.15) is 18.6 Å². The number of aromatic hydroxyl groups is 1. The Balaban J connectivity index is 1.87. The van der Waals surface area contributed by atoms with Crippen LogP contribution in [0.25, 0.3) is 0 Å². The molecule has 0 aliphatic carbocycles. The summed E-state index contributed by atoms with van der Waals surface area (Å²) in [6.45, 7) is 4.25. The fourth-order valence-corrected chi connectivity index (χ4v) is 3.74. The van der Waals surface area contributed by atoms with E-state index in [9.17, 15) is 24.3 Å². The molecule has 1 fully saturated rings. The van der Waals surface area contributed by atoms with Gasteiger partial charge in [0.15, 0.2) is 29.3 Å². The Bertz CT molecular complexity index is 1140. The number of cyclic esters (lactones) is 2.